The molecular weight excluding hydrogens is 271 g/mol. The Labute approximate surface area is 119 Å². The first kappa shape index (κ1) is 15.7. The fourth-order valence-electron chi connectivity index (χ4n) is 1.68. The van der Waals surface area contributed by atoms with E-state index in [1.807, 2.05) is 19.2 Å². The molecule has 1 unspecified atom stereocenters. The summed E-state index contributed by atoms with van der Waals surface area (Å²) in [6, 6.07) is 5.47. The van der Waals surface area contributed by atoms with Crippen LogP contribution in [-0.4, -0.2) is 38.8 Å². The first-order valence-electron chi connectivity index (χ1n) is 5.93. The molecule has 0 aliphatic heterocycles. The van der Waals surface area contributed by atoms with Gasteiger partial charge in [0.25, 0.3) is 0 Å². The summed E-state index contributed by atoms with van der Waals surface area (Å²) in [7, 11) is 3.75. The van der Waals surface area contributed by atoms with Crippen LogP contribution in [0, 0.1) is 0 Å². The predicted octanol–water partition coefficient (Wildman–Crippen LogP) is 2.96. The summed E-state index contributed by atoms with van der Waals surface area (Å²) in [5.74, 6) is 0. The molecule has 0 radical (unpaired) electrons. The van der Waals surface area contributed by atoms with Crippen molar-refractivity contribution < 1.29 is 4.74 Å². The van der Waals surface area contributed by atoms with E-state index in [1.54, 1.807) is 13.2 Å². The second-order valence-corrected chi connectivity index (χ2v) is 5.12. The predicted molar refractivity (Wildman–Crippen MR) is 77.4 cm³/mol. The number of hydrogen-bond donors (Lipinski definition) is 1. The monoisotopic (exact) mass is 290 g/mol. The number of halogens is 2. The molecule has 102 valence electrons. The smallest absolute Gasteiger partial charge is 0.0640 e. The second-order valence-electron chi connectivity index (χ2n) is 4.33. The lowest BCUT2D eigenvalue weighted by atomic mass is 10.0. The molecule has 0 spiro atoms. The number of benzene rings is 1. The minimum absolute atomic E-state index is 0.0961. The number of likely N-dealkylation sites (N-methyl/N-ethyl adjacent to an activating group) is 1. The van der Waals surface area contributed by atoms with Crippen LogP contribution in [-0.2, 0) is 4.74 Å². The Morgan fingerprint density at radius 3 is 2.72 bits per heavy atom. The van der Waals surface area contributed by atoms with Gasteiger partial charge in [0, 0.05) is 19.7 Å². The molecule has 0 aliphatic rings. The Morgan fingerprint density at radius 2 is 2.06 bits per heavy atom. The van der Waals surface area contributed by atoms with Gasteiger partial charge in [-0.25, -0.2) is 0 Å². The summed E-state index contributed by atoms with van der Waals surface area (Å²) in [6.07, 6.45) is 0.834. The summed E-state index contributed by atoms with van der Waals surface area (Å²) in [6.45, 7) is 2.52. The summed E-state index contributed by atoms with van der Waals surface area (Å²) in [5.41, 5.74) is 7.05. The molecule has 2 N–H and O–H groups in total. The van der Waals surface area contributed by atoms with Crippen LogP contribution in [0.5, 0.6) is 0 Å². The van der Waals surface area contributed by atoms with Crippen molar-refractivity contribution in [2.24, 2.45) is 5.73 Å². The van der Waals surface area contributed by atoms with Crippen molar-refractivity contribution in [2.75, 3.05) is 33.9 Å². The number of methoxy groups -OCH3 is 1. The number of nitrogens with zero attached hydrogens (tertiary/aromatic N) is 1. The zero-order chi connectivity index (χ0) is 13.5. The molecule has 0 saturated heterocycles. The lowest BCUT2D eigenvalue weighted by Gasteiger charge is -2.20. The Hall–Kier alpha value is -0.320. The fraction of sp³-hybridized carbons (Fsp3) is 0.538. The van der Waals surface area contributed by atoms with Gasteiger partial charge in [0.2, 0.25) is 0 Å². The van der Waals surface area contributed by atoms with Crippen molar-refractivity contribution in [3.8, 4) is 0 Å². The van der Waals surface area contributed by atoms with Gasteiger partial charge < -0.3 is 15.4 Å². The van der Waals surface area contributed by atoms with Crippen LogP contribution < -0.4 is 5.73 Å². The van der Waals surface area contributed by atoms with Gasteiger partial charge >= 0.3 is 0 Å². The third kappa shape index (κ3) is 4.75. The van der Waals surface area contributed by atoms with Gasteiger partial charge in [0.15, 0.2) is 0 Å². The molecule has 0 heterocycles. The minimum atomic E-state index is -0.0961. The molecule has 1 rings (SSSR count). The van der Waals surface area contributed by atoms with Gasteiger partial charge in [0.05, 0.1) is 16.7 Å². The minimum Gasteiger partial charge on any atom is -0.383 e. The van der Waals surface area contributed by atoms with E-state index in [4.69, 9.17) is 33.7 Å². The molecule has 0 fully saturated rings. The summed E-state index contributed by atoms with van der Waals surface area (Å²) in [4.78, 5) is 2.18. The summed E-state index contributed by atoms with van der Waals surface area (Å²) in [5, 5.41) is 1.11. The van der Waals surface area contributed by atoms with Crippen molar-refractivity contribution >= 4 is 23.2 Å². The summed E-state index contributed by atoms with van der Waals surface area (Å²) >= 11 is 12.1. The van der Waals surface area contributed by atoms with Crippen LogP contribution in [0.1, 0.15) is 18.0 Å². The number of nitrogens with two attached hydrogens (primary N) is 1. The standard InChI is InChI=1S/C13H20Cl2N2O/c1-17(8-9-18-2)7-6-12(16)10-4-3-5-11(14)13(10)15/h3-5,12H,6-9,16H2,1-2H3. The van der Waals surface area contributed by atoms with Gasteiger partial charge in [-0.15, -0.1) is 0 Å². The highest BCUT2D eigenvalue weighted by Gasteiger charge is 2.12. The van der Waals surface area contributed by atoms with E-state index in [2.05, 4.69) is 4.90 Å². The highest BCUT2D eigenvalue weighted by Crippen LogP contribution is 2.30. The molecule has 1 aromatic carbocycles. The summed E-state index contributed by atoms with van der Waals surface area (Å²) < 4.78 is 5.03. The fourth-order valence-corrected chi connectivity index (χ4v) is 2.13. The second kappa shape index (κ2) is 7.97. The van der Waals surface area contributed by atoms with Gasteiger partial charge in [-0.1, -0.05) is 35.3 Å². The molecule has 1 aromatic rings. The van der Waals surface area contributed by atoms with Gasteiger partial charge in [-0.3, -0.25) is 0 Å². The molecule has 1 atom stereocenters. The molecule has 0 aliphatic carbocycles. The van der Waals surface area contributed by atoms with Crippen molar-refractivity contribution in [2.45, 2.75) is 12.5 Å². The molecule has 0 saturated carbocycles. The van der Waals surface area contributed by atoms with E-state index in [9.17, 15) is 0 Å². The quantitative estimate of drug-likeness (QED) is 0.839. The van der Waals surface area contributed by atoms with Crippen LogP contribution in [0.4, 0.5) is 0 Å². The Balaban J connectivity index is 2.50. The van der Waals surface area contributed by atoms with Crippen LogP contribution >= 0.6 is 23.2 Å². The molecule has 0 amide bonds. The maximum absolute atomic E-state index is 6.14. The van der Waals surface area contributed by atoms with Crippen molar-refractivity contribution in [3.63, 3.8) is 0 Å². The number of hydrogen-bond acceptors (Lipinski definition) is 3. The maximum Gasteiger partial charge on any atom is 0.0640 e. The maximum atomic E-state index is 6.14. The molecule has 3 nitrogen and oxygen atoms in total. The van der Waals surface area contributed by atoms with Crippen LogP contribution in [0.3, 0.4) is 0 Å². The van der Waals surface area contributed by atoms with Crippen LogP contribution in [0.15, 0.2) is 18.2 Å². The number of rotatable bonds is 7. The molecule has 5 heteroatoms. The zero-order valence-corrected chi connectivity index (χ0v) is 12.3. The third-order valence-corrected chi connectivity index (χ3v) is 3.71. The zero-order valence-electron chi connectivity index (χ0n) is 10.8. The van der Waals surface area contributed by atoms with E-state index in [1.165, 1.54) is 0 Å². The molecule has 0 aromatic heterocycles. The number of ether oxygens (including phenoxy) is 1. The van der Waals surface area contributed by atoms with Gasteiger partial charge in [0.1, 0.15) is 0 Å². The highest BCUT2D eigenvalue weighted by molar-refractivity contribution is 6.42. The van der Waals surface area contributed by atoms with E-state index < -0.39 is 0 Å². The Morgan fingerprint density at radius 1 is 1.33 bits per heavy atom. The average Bonchev–Trinajstić information content (AvgIpc) is 2.36. The first-order chi connectivity index (χ1) is 8.56. The molecular formula is C13H20Cl2N2O. The average molecular weight is 291 g/mol. The first-order valence-corrected chi connectivity index (χ1v) is 6.68. The molecule has 18 heavy (non-hydrogen) atoms. The topological polar surface area (TPSA) is 38.5 Å². The largest absolute Gasteiger partial charge is 0.383 e. The normalized spacial score (nSPS) is 13.0. The van der Waals surface area contributed by atoms with Crippen molar-refractivity contribution in [3.05, 3.63) is 33.8 Å². The third-order valence-electron chi connectivity index (χ3n) is 2.88. The van der Waals surface area contributed by atoms with E-state index in [-0.39, 0.29) is 6.04 Å². The highest BCUT2D eigenvalue weighted by atomic mass is 35.5. The van der Waals surface area contributed by atoms with E-state index >= 15 is 0 Å². The van der Waals surface area contributed by atoms with E-state index in [0.717, 1.165) is 31.7 Å². The van der Waals surface area contributed by atoms with Gasteiger partial charge in [-0.2, -0.15) is 0 Å². The van der Waals surface area contributed by atoms with Crippen LogP contribution in [0.25, 0.3) is 0 Å². The Kier molecular flexibility index (Phi) is 6.97. The SMILES string of the molecule is COCCN(C)CCC(N)c1cccc(Cl)c1Cl. The van der Waals surface area contributed by atoms with Gasteiger partial charge in [-0.05, 0) is 31.6 Å². The van der Waals surface area contributed by atoms with Crippen molar-refractivity contribution in [1.82, 2.24) is 4.90 Å². The van der Waals surface area contributed by atoms with Crippen LogP contribution in [0.2, 0.25) is 10.0 Å². The van der Waals surface area contributed by atoms with E-state index in [0.29, 0.717) is 10.0 Å². The lowest BCUT2D eigenvalue weighted by molar-refractivity contribution is 0.159. The van der Waals surface area contributed by atoms with Crippen molar-refractivity contribution in [1.29, 1.82) is 0 Å². The molecule has 0 bridgehead atoms. The Bertz CT molecular complexity index is 374. The lowest BCUT2D eigenvalue weighted by Crippen LogP contribution is -2.26.